The van der Waals surface area contributed by atoms with Crippen molar-refractivity contribution in [1.82, 2.24) is 15.5 Å². The summed E-state index contributed by atoms with van der Waals surface area (Å²) in [6.07, 6.45) is 7.77. The maximum absolute atomic E-state index is 5.78. The third kappa shape index (κ3) is 10.6. The average molecular weight is 468 g/mol. The van der Waals surface area contributed by atoms with Gasteiger partial charge in [-0.3, -0.25) is 4.99 Å². The molecule has 0 aromatic rings. The Hall–Kier alpha value is -0.120. The van der Waals surface area contributed by atoms with E-state index in [1.165, 1.54) is 38.8 Å². The van der Waals surface area contributed by atoms with E-state index in [-0.39, 0.29) is 24.0 Å². The van der Waals surface area contributed by atoms with Gasteiger partial charge in [0.05, 0.1) is 12.7 Å². The minimum Gasteiger partial charge on any atom is -0.379 e. The molecule has 7 heteroatoms. The lowest BCUT2D eigenvalue weighted by Gasteiger charge is -2.20. The first kappa shape index (κ1) is 22.9. The first-order valence-electron chi connectivity index (χ1n) is 9.82. The molecule has 0 radical (unpaired) electrons. The van der Waals surface area contributed by atoms with Gasteiger partial charge in [-0.2, -0.15) is 0 Å². The highest BCUT2D eigenvalue weighted by Gasteiger charge is 2.15. The third-order valence-corrected chi connectivity index (χ3v) is 4.58. The monoisotopic (exact) mass is 468 g/mol. The number of rotatable bonds is 9. The second-order valence-electron chi connectivity index (χ2n) is 6.65. The zero-order valence-corrected chi connectivity index (χ0v) is 18.1. The number of nitrogens with zero attached hydrogens (tertiary/aromatic N) is 2. The lowest BCUT2D eigenvalue weighted by molar-refractivity contribution is 0.0424. The second kappa shape index (κ2) is 15.0. The summed E-state index contributed by atoms with van der Waals surface area (Å²) in [5, 5.41) is 6.78. The number of aliphatic imine (C=N–C) groups is 1. The first-order chi connectivity index (χ1) is 11.9. The molecule has 0 saturated carbocycles. The van der Waals surface area contributed by atoms with Crippen molar-refractivity contribution < 1.29 is 9.47 Å². The summed E-state index contributed by atoms with van der Waals surface area (Å²) >= 11 is 0. The fourth-order valence-electron chi connectivity index (χ4n) is 3.18. The fourth-order valence-corrected chi connectivity index (χ4v) is 3.18. The molecule has 2 saturated heterocycles. The van der Waals surface area contributed by atoms with E-state index >= 15 is 0 Å². The van der Waals surface area contributed by atoms with Crippen molar-refractivity contribution in [2.24, 2.45) is 4.99 Å². The summed E-state index contributed by atoms with van der Waals surface area (Å²) in [7, 11) is 0. The molecule has 6 nitrogen and oxygen atoms in total. The van der Waals surface area contributed by atoms with Gasteiger partial charge in [0, 0.05) is 39.4 Å². The van der Waals surface area contributed by atoms with E-state index in [9.17, 15) is 0 Å². The number of likely N-dealkylation sites (tertiary alicyclic amines) is 1. The van der Waals surface area contributed by atoms with Gasteiger partial charge >= 0.3 is 0 Å². The molecule has 2 rings (SSSR count). The Morgan fingerprint density at radius 1 is 1.20 bits per heavy atom. The summed E-state index contributed by atoms with van der Waals surface area (Å²) in [5.74, 6) is 0.927. The topological polar surface area (TPSA) is 58.1 Å². The van der Waals surface area contributed by atoms with E-state index < -0.39 is 0 Å². The van der Waals surface area contributed by atoms with Gasteiger partial charge in [0.15, 0.2) is 5.96 Å². The molecular formula is C18H37IN4O2. The number of hydrogen-bond acceptors (Lipinski definition) is 4. The molecule has 2 fully saturated rings. The van der Waals surface area contributed by atoms with Crippen LogP contribution in [0.1, 0.15) is 45.4 Å². The van der Waals surface area contributed by atoms with Crippen LogP contribution in [0.15, 0.2) is 4.99 Å². The minimum atomic E-state index is 0. The lowest BCUT2D eigenvalue weighted by atomic mass is 10.2. The molecule has 1 atom stereocenters. The van der Waals surface area contributed by atoms with Gasteiger partial charge in [0.1, 0.15) is 0 Å². The van der Waals surface area contributed by atoms with Crippen LogP contribution >= 0.6 is 24.0 Å². The summed E-state index contributed by atoms with van der Waals surface area (Å²) < 4.78 is 11.1. The van der Waals surface area contributed by atoms with Crippen LogP contribution in [0, 0.1) is 0 Å². The van der Waals surface area contributed by atoms with Crippen molar-refractivity contribution in [3.05, 3.63) is 0 Å². The van der Waals surface area contributed by atoms with E-state index in [1.807, 2.05) is 0 Å². The van der Waals surface area contributed by atoms with Crippen molar-refractivity contribution >= 4 is 29.9 Å². The highest BCUT2D eigenvalue weighted by atomic mass is 127. The predicted molar refractivity (Wildman–Crippen MR) is 114 cm³/mol. The summed E-state index contributed by atoms with van der Waals surface area (Å²) in [5.41, 5.74) is 0. The highest BCUT2D eigenvalue weighted by molar-refractivity contribution is 14.0. The van der Waals surface area contributed by atoms with Crippen LogP contribution in [-0.2, 0) is 9.47 Å². The Morgan fingerprint density at radius 3 is 2.68 bits per heavy atom. The van der Waals surface area contributed by atoms with Gasteiger partial charge < -0.3 is 25.0 Å². The SMILES string of the molecule is CCNC(=NCCCOC1CCOC1)NCCN1CCCCCC1.I. The van der Waals surface area contributed by atoms with E-state index in [0.717, 1.165) is 64.8 Å². The van der Waals surface area contributed by atoms with Crippen LogP contribution in [0.5, 0.6) is 0 Å². The largest absolute Gasteiger partial charge is 0.379 e. The zero-order chi connectivity index (χ0) is 16.9. The summed E-state index contributed by atoms with van der Waals surface area (Å²) in [4.78, 5) is 7.21. The number of hydrogen-bond donors (Lipinski definition) is 2. The normalized spacial score (nSPS) is 22.3. The molecule has 0 aliphatic carbocycles. The van der Waals surface area contributed by atoms with Crippen molar-refractivity contribution in [3.8, 4) is 0 Å². The van der Waals surface area contributed by atoms with Gasteiger partial charge in [-0.05, 0) is 45.7 Å². The zero-order valence-electron chi connectivity index (χ0n) is 15.8. The van der Waals surface area contributed by atoms with E-state index in [2.05, 4.69) is 27.4 Å². The Balaban J connectivity index is 0.00000312. The molecule has 0 aromatic heterocycles. The Bertz CT molecular complexity index is 344. The molecule has 2 aliphatic rings. The molecule has 1 unspecified atom stereocenters. The van der Waals surface area contributed by atoms with Crippen molar-refractivity contribution in [2.75, 3.05) is 59.1 Å². The van der Waals surface area contributed by atoms with Crippen molar-refractivity contribution in [2.45, 2.75) is 51.6 Å². The van der Waals surface area contributed by atoms with Crippen LogP contribution < -0.4 is 10.6 Å². The standard InChI is InChI=1S/C18H36N4O2.HI/c1-2-19-18(20-9-7-14-24-17-8-15-23-16-17)21-10-13-22-11-5-3-4-6-12-22;/h17H,2-16H2,1H3,(H2,19,20,21);1H. The molecule has 0 aromatic carbocycles. The molecule has 2 aliphatic heterocycles. The van der Waals surface area contributed by atoms with Crippen LogP contribution in [0.3, 0.4) is 0 Å². The van der Waals surface area contributed by atoms with Gasteiger partial charge in [0.25, 0.3) is 0 Å². The minimum absolute atomic E-state index is 0. The summed E-state index contributed by atoms with van der Waals surface area (Å²) in [6.45, 7) is 10.7. The maximum Gasteiger partial charge on any atom is 0.191 e. The van der Waals surface area contributed by atoms with Gasteiger partial charge in [0.2, 0.25) is 0 Å². The first-order valence-corrected chi connectivity index (χ1v) is 9.82. The van der Waals surface area contributed by atoms with Gasteiger partial charge in [-0.15, -0.1) is 24.0 Å². The predicted octanol–water partition coefficient (Wildman–Crippen LogP) is 2.23. The number of nitrogens with one attached hydrogen (secondary N) is 2. The maximum atomic E-state index is 5.78. The quantitative estimate of drug-likeness (QED) is 0.235. The van der Waals surface area contributed by atoms with Crippen LogP contribution in [0.25, 0.3) is 0 Å². The van der Waals surface area contributed by atoms with Gasteiger partial charge in [-0.25, -0.2) is 0 Å². The second-order valence-corrected chi connectivity index (χ2v) is 6.65. The van der Waals surface area contributed by atoms with Crippen LogP contribution in [-0.4, -0.2) is 76.1 Å². The Kier molecular flexibility index (Phi) is 13.7. The molecular weight excluding hydrogens is 431 g/mol. The number of ether oxygens (including phenoxy) is 2. The third-order valence-electron chi connectivity index (χ3n) is 4.58. The van der Waals surface area contributed by atoms with Crippen LogP contribution in [0.4, 0.5) is 0 Å². The van der Waals surface area contributed by atoms with E-state index in [0.29, 0.717) is 6.10 Å². The van der Waals surface area contributed by atoms with Gasteiger partial charge in [-0.1, -0.05) is 12.8 Å². The number of halogens is 1. The smallest absolute Gasteiger partial charge is 0.191 e. The lowest BCUT2D eigenvalue weighted by Crippen LogP contribution is -2.42. The molecule has 0 bridgehead atoms. The highest BCUT2D eigenvalue weighted by Crippen LogP contribution is 2.09. The molecule has 2 heterocycles. The molecule has 25 heavy (non-hydrogen) atoms. The Labute approximate surface area is 170 Å². The average Bonchev–Trinajstić information content (AvgIpc) is 2.97. The molecule has 0 spiro atoms. The van der Waals surface area contributed by atoms with Crippen LogP contribution in [0.2, 0.25) is 0 Å². The van der Waals surface area contributed by atoms with Crippen molar-refractivity contribution in [1.29, 1.82) is 0 Å². The number of guanidine groups is 1. The molecule has 2 N–H and O–H groups in total. The molecule has 0 amide bonds. The Morgan fingerprint density at radius 2 is 2.00 bits per heavy atom. The molecule has 148 valence electrons. The summed E-state index contributed by atoms with van der Waals surface area (Å²) in [6, 6.07) is 0. The fraction of sp³-hybridized carbons (Fsp3) is 0.944. The van der Waals surface area contributed by atoms with E-state index in [4.69, 9.17) is 9.47 Å². The van der Waals surface area contributed by atoms with Crippen molar-refractivity contribution in [3.63, 3.8) is 0 Å². The van der Waals surface area contributed by atoms with E-state index in [1.54, 1.807) is 0 Å².